The molecule has 2 aromatic rings. The van der Waals surface area contributed by atoms with Crippen molar-refractivity contribution in [2.75, 3.05) is 13.1 Å². The molecule has 1 aliphatic rings. The Morgan fingerprint density at radius 3 is 3.00 bits per heavy atom. The Labute approximate surface area is 112 Å². The molecule has 0 spiro atoms. The summed E-state index contributed by atoms with van der Waals surface area (Å²) in [4.78, 5) is 6.60. The fraction of sp³-hybridized carbons (Fsp3) is 0.400. The Balaban J connectivity index is 1.59. The molecule has 0 aromatic carbocycles. The molecule has 0 amide bonds. The summed E-state index contributed by atoms with van der Waals surface area (Å²) in [6.45, 7) is 2.47. The predicted molar refractivity (Wildman–Crippen MR) is 71.4 cm³/mol. The smallest absolute Gasteiger partial charge is 0.0947 e. The molecule has 4 nitrogen and oxygen atoms in total. The first-order chi connectivity index (χ1) is 9.31. The average molecular weight is 258 g/mol. The number of β-amino-alcohol motifs (C(OH)–C–C–N with tert-alkyl or cyclic N) is 1. The summed E-state index contributed by atoms with van der Waals surface area (Å²) in [5.74, 6) is 0.266. The van der Waals surface area contributed by atoms with Crippen molar-refractivity contribution >= 4 is 0 Å². The zero-order chi connectivity index (χ0) is 13.1. The molecule has 0 aliphatic carbocycles. The highest BCUT2D eigenvalue weighted by Crippen LogP contribution is 2.22. The third-order valence-corrected chi connectivity index (χ3v) is 3.67. The molecule has 2 aromatic heterocycles. The van der Waals surface area contributed by atoms with E-state index in [9.17, 15) is 5.11 Å². The van der Waals surface area contributed by atoms with Crippen molar-refractivity contribution in [3.8, 4) is 0 Å². The zero-order valence-corrected chi connectivity index (χ0v) is 10.8. The number of hydrogen-bond donors (Lipinski definition) is 1. The van der Waals surface area contributed by atoms with Gasteiger partial charge in [0.2, 0.25) is 0 Å². The van der Waals surface area contributed by atoms with Crippen molar-refractivity contribution in [2.45, 2.75) is 19.1 Å². The molecule has 3 heterocycles. The van der Waals surface area contributed by atoms with Crippen molar-refractivity contribution < 1.29 is 9.52 Å². The number of pyridine rings is 1. The lowest BCUT2D eigenvalue weighted by atomic mass is 10.00. The Morgan fingerprint density at radius 1 is 1.32 bits per heavy atom. The van der Waals surface area contributed by atoms with E-state index in [0.717, 1.165) is 37.3 Å². The number of aliphatic hydroxyl groups excluding tert-OH is 1. The third kappa shape index (κ3) is 3.03. The molecule has 100 valence electrons. The molecule has 4 heteroatoms. The molecular weight excluding hydrogens is 240 g/mol. The lowest BCUT2D eigenvalue weighted by Gasteiger charge is -2.14. The summed E-state index contributed by atoms with van der Waals surface area (Å²) in [6, 6.07) is 7.90. The van der Waals surface area contributed by atoms with E-state index in [1.807, 2.05) is 24.3 Å². The van der Waals surface area contributed by atoms with Crippen LogP contribution in [0.1, 0.15) is 11.3 Å². The van der Waals surface area contributed by atoms with Gasteiger partial charge in [-0.05, 0) is 24.6 Å². The molecule has 1 N–H and O–H groups in total. The number of hydrogen-bond acceptors (Lipinski definition) is 4. The number of aliphatic hydroxyl groups is 1. The number of nitrogens with zero attached hydrogens (tertiary/aromatic N) is 2. The average Bonchev–Trinajstić information content (AvgIpc) is 3.02. The van der Waals surface area contributed by atoms with Gasteiger partial charge in [0, 0.05) is 43.0 Å². The molecule has 2 atom stereocenters. The number of furan rings is 1. The van der Waals surface area contributed by atoms with Crippen molar-refractivity contribution in [3.63, 3.8) is 0 Å². The Kier molecular flexibility index (Phi) is 3.62. The topological polar surface area (TPSA) is 49.5 Å². The lowest BCUT2D eigenvalue weighted by molar-refractivity contribution is 0.140. The van der Waals surface area contributed by atoms with Gasteiger partial charge in [0.15, 0.2) is 0 Å². The monoisotopic (exact) mass is 258 g/mol. The van der Waals surface area contributed by atoms with Gasteiger partial charge in [0.05, 0.1) is 18.6 Å². The highest BCUT2D eigenvalue weighted by atomic mass is 16.3. The highest BCUT2D eigenvalue weighted by molar-refractivity contribution is 5.08. The van der Waals surface area contributed by atoms with Gasteiger partial charge in [-0.3, -0.25) is 9.88 Å². The first-order valence-corrected chi connectivity index (χ1v) is 6.62. The van der Waals surface area contributed by atoms with Crippen LogP contribution in [-0.2, 0) is 13.0 Å². The van der Waals surface area contributed by atoms with Crippen molar-refractivity contribution in [1.29, 1.82) is 0 Å². The van der Waals surface area contributed by atoms with E-state index in [2.05, 4.69) is 9.88 Å². The van der Waals surface area contributed by atoms with Gasteiger partial charge in [0.1, 0.15) is 0 Å². The Bertz CT molecular complexity index is 498. The van der Waals surface area contributed by atoms with Gasteiger partial charge < -0.3 is 9.52 Å². The van der Waals surface area contributed by atoms with Crippen LogP contribution in [0.15, 0.2) is 47.4 Å². The number of likely N-dealkylation sites (tertiary alicyclic amines) is 1. The van der Waals surface area contributed by atoms with Gasteiger partial charge >= 0.3 is 0 Å². The van der Waals surface area contributed by atoms with Crippen LogP contribution in [0.25, 0.3) is 0 Å². The Hall–Kier alpha value is -1.65. The summed E-state index contributed by atoms with van der Waals surface area (Å²) >= 11 is 0. The van der Waals surface area contributed by atoms with E-state index in [4.69, 9.17) is 4.42 Å². The molecule has 0 saturated carbocycles. The van der Waals surface area contributed by atoms with Crippen molar-refractivity contribution in [3.05, 3.63) is 54.2 Å². The summed E-state index contributed by atoms with van der Waals surface area (Å²) in [7, 11) is 0. The molecule has 3 rings (SSSR count). The van der Waals surface area contributed by atoms with Crippen LogP contribution in [0.5, 0.6) is 0 Å². The van der Waals surface area contributed by atoms with Crippen LogP contribution in [-0.4, -0.2) is 34.2 Å². The molecule has 0 unspecified atom stereocenters. The van der Waals surface area contributed by atoms with Crippen molar-refractivity contribution in [2.24, 2.45) is 5.92 Å². The van der Waals surface area contributed by atoms with Crippen LogP contribution >= 0.6 is 0 Å². The molecule has 0 bridgehead atoms. The molecule has 1 aliphatic heterocycles. The molecular formula is C15H18N2O2. The van der Waals surface area contributed by atoms with Crippen LogP contribution in [0.4, 0.5) is 0 Å². The van der Waals surface area contributed by atoms with E-state index in [1.54, 1.807) is 18.7 Å². The van der Waals surface area contributed by atoms with E-state index < -0.39 is 0 Å². The third-order valence-electron chi connectivity index (χ3n) is 3.67. The van der Waals surface area contributed by atoms with E-state index in [0.29, 0.717) is 0 Å². The minimum absolute atomic E-state index is 0.266. The predicted octanol–water partition coefficient (Wildman–Crippen LogP) is 1.71. The van der Waals surface area contributed by atoms with Crippen LogP contribution < -0.4 is 0 Å². The molecule has 1 fully saturated rings. The molecule has 19 heavy (non-hydrogen) atoms. The van der Waals surface area contributed by atoms with Gasteiger partial charge in [-0.1, -0.05) is 6.07 Å². The number of rotatable bonds is 4. The first-order valence-electron chi connectivity index (χ1n) is 6.62. The maximum absolute atomic E-state index is 10.2. The van der Waals surface area contributed by atoms with Gasteiger partial charge in [0.25, 0.3) is 0 Å². The summed E-state index contributed by atoms with van der Waals surface area (Å²) in [5, 5.41) is 10.2. The van der Waals surface area contributed by atoms with E-state index >= 15 is 0 Å². The standard InChI is InChI=1S/C15H18N2O2/c18-15-10-17(8-12-4-6-19-11-12)9-13(15)7-14-3-1-2-5-16-14/h1-6,11,13,15,18H,7-10H2/t13-,15-/m1/s1. The SMILES string of the molecule is O[C@@H]1CN(Cc2ccoc2)C[C@H]1Cc1ccccn1. The van der Waals surface area contributed by atoms with Crippen LogP contribution in [0.3, 0.4) is 0 Å². The second kappa shape index (κ2) is 5.55. The van der Waals surface area contributed by atoms with Gasteiger partial charge in [-0.25, -0.2) is 0 Å². The normalized spacial score (nSPS) is 23.8. The fourth-order valence-corrected chi connectivity index (χ4v) is 2.70. The first kappa shape index (κ1) is 12.4. The minimum Gasteiger partial charge on any atom is -0.472 e. The lowest BCUT2D eigenvalue weighted by Crippen LogP contribution is -2.21. The van der Waals surface area contributed by atoms with Crippen molar-refractivity contribution in [1.82, 2.24) is 9.88 Å². The van der Waals surface area contributed by atoms with E-state index in [-0.39, 0.29) is 12.0 Å². The molecule has 0 radical (unpaired) electrons. The van der Waals surface area contributed by atoms with E-state index in [1.165, 1.54) is 0 Å². The highest BCUT2D eigenvalue weighted by Gasteiger charge is 2.31. The van der Waals surface area contributed by atoms with Crippen LogP contribution in [0, 0.1) is 5.92 Å². The summed E-state index contributed by atoms with van der Waals surface area (Å²) < 4.78 is 5.07. The maximum atomic E-state index is 10.2. The van der Waals surface area contributed by atoms with Gasteiger partial charge in [-0.15, -0.1) is 0 Å². The summed E-state index contributed by atoms with van der Waals surface area (Å²) in [5.41, 5.74) is 2.21. The second-order valence-electron chi connectivity index (χ2n) is 5.18. The fourth-order valence-electron chi connectivity index (χ4n) is 2.70. The summed E-state index contributed by atoms with van der Waals surface area (Å²) in [6.07, 6.45) is 5.82. The Morgan fingerprint density at radius 2 is 2.26 bits per heavy atom. The minimum atomic E-state index is -0.270. The maximum Gasteiger partial charge on any atom is 0.0947 e. The zero-order valence-electron chi connectivity index (χ0n) is 10.8. The number of aromatic nitrogens is 1. The largest absolute Gasteiger partial charge is 0.472 e. The van der Waals surface area contributed by atoms with Crippen LogP contribution in [0.2, 0.25) is 0 Å². The quantitative estimate of drug-likeness (QED) is 0.907. The van der Waals surface area contributed by atoms with Gasteiger partial charge in [-0.2, -0.15) is 0 Å². The molecule has 1 saturated heterocycles. The second-order valence-corrected chi connectivity index (χ2v) is 5.18.